The van der Waals surface area contributed by atoms with Gasteiger partial charge in [-0.25, -0.2) is 0 Å². The van der Waals surface area contributed by atoms with E-state index in [0.29, 0.717) is 5.66 Å². The van der Waals surface area contributed by atoms with E-state index >= 15 is 0 Å². The zero-order valence-corrected chi connectivity index (χ0v) is 9.02. The van der Waals surface area contributed by atoms with Crippen molar-refractivity contribution in [3.05, 3.63) is 0 Å². The van der Waals surface area contributed by atoms with E-state index in [1.165, 1.54) is 25.7 Å². The Labute approximate surface area is 74.6 Å². The number of unbranched alkanes of at least 4 members (excludes halogenated alkanes) is 2. The van der Waals surface area contributed by atoms with Gasteiger partial charge < -0.3 is 0 Å². The summed E-state index contributed by atoms with van der Waals surface area (Å²) in [5.74, 6) is 0. The fraction of sp³-hybridized carbons (Fsp3) is 1.00. The van der Waals surface area contributed by atoms with E-state index in [1.807, 2.05) is 0 Å². The Bertz CT molecular complexity index is 76.0. The van der Waals surface area contributed by atoms with Crippen LogP contribution in [-0.4, -0.2) is 5.66 Å². The van der Waals surface area contributed by atoms with E-state index in [-0.39, 0.29) is 0 Å². The number of hydrogen-bond acceptors (Lipinski definition) is 0. The topological polar surface area (TPSA) is 0 Å². The molecule has 0 N–H and O–H groups in total. The van der Waals surface area contributed by atoms with Crippen molar-refractivity contribution < 1.29 is 0 Å². The van der Waals surface area contributed by atoms with Gasteiger partial charge in [-0.05, 0) is 6.42 Å². The van der Waals surface area contributed by atoms with Crippen LogP contribution in [0, 0.1) is 0 Å². The molecule has 0 aliphatic carbocycles. The molecule has 0 fully saturated rings. The molecule has 62 valence electrons. The van der Waals surface area contributed by atoms with Gasteiger partial charge in [0.1, 0.15) is 0 Å². The Morgan fingerprint density at radius 1 is 1.30 bits per heavy atom. The smallest absolute Gasteiger partial charge is 0.0778 e. The molecule has 0 aromatic heterocycles. The summed E-state index contributed by atoms with van der Waals surface area (Å²) >= 11 is 11.5. The van der Waals surface area contributed by atoms with Gasteiger partial charge in [0, 0.05) is 5.66 Å². The van der Waals surface area contributed by atoms with Crippen LogP contribution in [0.3, 0.4) is 0 Å². The lowest BCUT2D eigenvalue weighted by Gasteiger charge is -2.09. The van der Waals surface area contributed by atoms with Crippen LogP contribution in [0.1, 0.15) is 39.5 Å². The maximum absolute atomic E-state index is 5.74. The van der Waals surface area contributed by atoms with Crippen LogP contribution >= 0.6 is 29.1 Å². The molecule has 0 aromatic carbocycles. The van der Waals surface area contributed by atoms with E-state index in [0.717, 1.165) is 0 Å². The standard InChI is InChI=1S/C7H15Cl2P/c1-3-4-5-6-7(2)10(8)9/h7H,3-6H2,1-2H3. The average Bonchev–Trinajstić information content (AvgIpc) is 1.88. The molecule has 0 aliphatic heterocycles. The fourth-order valence-corrected chi connectivity index (χ4v) is 1.75. The summed E-state index contributed by atoms with van der Waals surface area (Å²) in [6.45, 7) is 3.60. The summed E-state index contributed by atoms with van der Waals surface area (Å²) in [5.41, 5.74) is 0.518. The highest BCUT2D eigenvalue weighted by atomic mass is 35.9. The molecular weight excluding hydrogens is 186 g/mol. The molecule has 10 heavy (non-hydrogen) atoms. The number of hydrogen-bond donors (Lipinski definition) is 0. The normalized spacial score (nSPS) is 14.1. The lowest BCUT2D eigenvalue weighted by Crippen LogP contribution is -1.93. The van der Waals surface area contributed by atoms with Crippen molar-refractivity contribution >= 4 is 29.1 Å². The van der Waals surface area contributed by atoms with Crippen molar-refractivity contribution in [1.82, 2.24) is 0 Å². The summed E-state index contributed by atoms with van der Waals surface area (Å²) in [6.07, 6.45) is 5.04. The van der Waals surface area contributed by atoms with Crippen LogP contribution < -0.4 is 0 Å². The predicted octanol–water partition coefficient (Wildman–Crippen LogP) is 4.74. The monoisotopic (exact) mass is 200 g/mol. The summed E-state index contributed by atoms with van der Waals surface area (Å²) in [6, 6.07) is 0. The highest BCUT2D eigenvalue weighted by molar-refractivity contribution is 8.04. The molecule has 0 amide bonds. The molecule has 0 saturated heterocycles. The van der Waals surface area contributed by atoms with Gasteiger partial charge in [0.15, 0.2) is 0 Å². The molecule has 0 saturated carbocycles. The first-order valence-corrected chi connectivity index (χ1v) is 7.01. The predicted molar refractivity (Wildman–Crippen MR) is 52.2 cm³/mol. The second kappa shape index (κ2) is 6.70. The summed E-state index contributed by atoms with van der Waals surface area (Å²) in [5, 5.41) is 0. The third-order valence-corrected chi connectivity index (χ3v) is 4.48. The van der Waals surface area contributed by atoms with Crippen LogP contribution in [0.15, 0.2) is 0 Å². The van der Waals surface area contributed by atoms with Gasteiger partial charge in [0.2, 0.25) is 0 Å². The molecule has 1 atom stereocenters. The molecule has 0 heterocycles. The van der Waals surface area contributed by atoms with Gasteiger partial charge in [-0.2, -0.15) is 0 Å². The zero-order valence-electron chi connectivity index (χ0n) is 6.61. The van der Waals surface area contributed by atoms with Gasteiger partial charge in [0.25, 0.3) is 0 Å². The average molecular weight is 201 g/mol. The molecule has 0 aliphatic rings. The SMILES string of the molecule is CCCCCC(C)P(Cl)Cl. The highest BCUT2D eigenvalue weighted by Gasteiger charge is 2.09. The van der Waals surface area contributed by atoms with Gasteiger partial charge in [0.05, 0.1) is 6.63 Å². The van der Waals surface area contributed by atoms with Gasteiger partial charge >= 0.3 is 0 Å². The third kappa shape index (κ3) is 5.77. The second-order valence-corrected chi connectivity index (χ2v) is 6.71. The molecule has 0 rings (SSSR count). The van der Waals surface area contributed by atoms with Crippen LogP contribution in [-0.2, 0) is 0 Å². The molecule has 0 spiro atoms. The van der Waals surface area contributed by atoms with Crippen LogP contribution in [0.2, 0.25) is 0 Å². The van der Waals surface area contributed by atoms with Crippen molar-refractivity contribution in [2.45, 2.75) is 45.2 Å². The molecule has 0 bridgehead atoms. The Balaban J connectivity index is 3.13. The minimum absolute atomic E-state index is 0.518. The van der Waals surface area contributed by atoms with Crippen LogP contribution in [0.5, 0.6) is 0 Å². The van der Waals surface area contributed by atoms with Crippen molar-refractivity contribution in [1.29, 1.82) is 0 Å². The highest BCUT2D eigenvalue weighted by Crippen LogP contribution is 2.52. The lowest BCUT2D eigenvalue weighted by atomic mass is 10.2. The summed E-state index contributed by atoms with van der Waals surface area (Å²) < 4.78 is 0. The lowest BCUT2D eigenvalue weighted by molar-refractivity contribution is 0.663. The number of rotatable bonds is 5. The zero-order chi connectivity index (χ0) is 7.98. The molecule has 0 aromatic rings. The van der Waals surface area contributed by atoms with Crippen molar-refractivity contribution in [3.8, 4) is 0 Å². The van der Waals surface area contributed by atoms with Crippen LogP contribution in [0.25, 0.3) is 0 Å². The maximum Gasteiger partial charge on any atom is 0.0883 e. The van der Waals surface area contributed by atoms with Crippen molar-refractivity contribution in [3.63, 3.8) is 0 Å². The molecule has 3 heteroatoms. The Morgan fingerprint density at radius 3 is 2.30 bits per heavy atom. The third-order valence-electron chi connectivity index (χ3n) is 1.56. The first-order chi connectivity index (χ1) is 4.68. The Kier molecular flexibility index (Phi) is 7.38. The van der Waals surface area contributed by atoms with E-state index in [2.05, 4.69) is 13.8 Å². The summed E-state index contributed by atoms with van der Waals surface area (Å²) in [4.78, 5) is 0. The minimum Gasteiger partial charge on any atom is -0.0778 e. The van der Waals surface area contributed by atoms with Crippen molar-refractivity contribution in [2.24, 2.45) is 0 Å². The van der Waals surface area contributed by atoms with Crippen molar-refractivity contribution in [2.75, 3.05) is 0 Å². The Hall–Kier alpha value is 1.01. The maximum atomic E-state index is 5.74. The summed E-state index contributed by atoms with van der Waals surface area (Å²) in [7, 11) is 0. The molecule has 1 unspecified atom stereocenters. The molecule has 0 nitrogen and oxygen atoms in total. The van der Waals surface area contributed by atoms with Gasteiger partial charge in [-0.1, -0.05) is 55.6 Å². The molecular formula is C7H15Cl2P. The van der Waals surface area contributed by atoms with Crippen LogP contribution in [0.4, 0.5) is 0 Å². The Morgan fingerprint density at radius 2 is 1.90 bits per heavy atom. The van der Waals surface area contributed by atoms with Gasteiger partial charge in [-0.15, -0.1) is 0 Å². The van der Waals surface area contributed by atoms with E-state index < -0.39 is 6.63 Å². The number of halogens is 2. The largest absolute Gasteiger partial charge is 0.0883 e. The van der Waals surface area contributed by atoms with E-state index in [9.17, 15) is 0 Å². The second-order valence-electron chi connectivity index (χ2n) is 2.60. The first kappa shape index (κ1) is 11.0. The minimum atomic E-state index is -0.734. The fourth-order valence-electron chi connectivity index (χ4n) is 0.787. The van der Waals surface area contributed by atoms with Gasteiger partial charge in [-0.3, -0.25) is 0 Å². The van der Waals surface area contributed by atoms with E-state index in [4.69, 9.17) is 22.5 Å². The quantitative estimate of drug-likeness (QED) is 0.445. The first-order valence-electron chi connectivity index (χ1n) is 3.79. The van der Waals surface area contributed by atoms with E-state index in [1.54, 1.807) is 0 Å². The molecule has 0 radical (unpaired) electrons.